The Morgan fingerprint density at radius 1 is 1.22 bits per heavy atom. The van der Waals surface area contributed by atoms with Crippen LogP contribution < -0.4 is 10.2 Å². The molecule has 0 aromatic heterocycles. The number of amides is 1. The molecule has 150 valence electrons. The molecular formula is C18H23F3N2O4. The van der Waals surface area contributed by atoms with Gasteiger partial charge in [0.1, 0.15) is 5.60 Å². The summed E-state index contributed by atoms with van der Waals surface area (Å²) in [7, 11) is 0. The molecule has 0 radical (unpaired) electrons. The summed E-state index contributed by atoms with van der Waals surface area (Å²) in [5, 5.41) is 11.9. The number of benzene rings is 1. The Hall–Kier alpha value is -2.29. The molecule has 27 heavy (non-hydrogen) atoms. The minimum atomic E-state index is -5.01. The fraction of sp³-hybridized carbons (Fsp3) is 0.556. The number of carbonyl (C=O) groups excluding carboxylic acids is 2. The number of β-amino-alcohol motifs (C(OH)–C–C–N with tert-alkyl or cyclic N) is 1. The number of carbonyl (C=O) groups is 2. The van der Waals surface area contributed by atoms with E-state index in [-0.39, 0.29) is 19.5 Å². The molecule has 0 saturated carbocycles. The van der Waals surface area contributed by atoms with Crippen molar-refractivity contribution in [1.29, 1.82) is 0 Å². The van der Waals surface area contributed by atoms with Crippen LogP contribution in [0.25, 0.3) is 0 Å². The average molecular weight is 388 g/mol. The van der Waals surface area contributed by atoms with Gasteiger partial charge in [0.2, 0.25) is 0 Å². The lowest BCUT2D eigenvalue weighted by Gasteiger charge is -2.23. The molecule has 1 aromatic rings. The van der Waals surface area contributed by atoms with E-state index in [1.807, 2.05) is 5.32 Å². The lowest BCUT2D eigenvalue weighted by Crippen LogP contribution is -2.48. The van der Waals surface area contributed by atoms with Crippen molar-refractivity contribution < 1.29 is 32.6 Å². The first-order valence-electron chi connectivity index (χ1n) is 8.47. The van der Waals surface area contributed by atoms with Gasteiger partial charge in [0.15, 0.2) is 0 Å². The van der Waals surface area contributed by atoms with Crippen molar-refractivity contribution in [1.82, 2.24) is 5.32 Å². The number of hydrogen-bond donors (Lipinski definition) is 2. The topological polar surface area (TPSA) is 78.9 Å². The standard InChI is InChI=1S/C18H23F3N2O4/c1-17(2,3)27-15(25)8-11-6-4-5-7-13(11)23-9-12(14(24)10-23)22-16(26)18(19,20)21/h4-7,12,14,24H,8-10H2,1-3H3,(H,22,26)/t12-,14-/m0/s1. The zero-order valence-electron chi connectivity index (χ0n) is 15.3. The van der Waals surface area contributed by atoms with Gasteiger partial charge in [-0.1, -0.05) is 18.2 Å². The maximum absolute atomic E-state index is 12.4. The lowest BCUT2D eigenvalue weighted by atomic mass is 10.1. The van der Waals surface area contributed by atoms with Crippen LogP contribution in [-0.2, 0) is 20.7 Å². The van der Waals surface area contributed by atoms with E-state index in [1.165, 1.54) is 0 Å². The van der Waals surface area contributed by atoms with Gasteiger partial charge in [-0.25, -0.2) is 0 Å². The molecule has 0 bridgehead atoms. The van der Waals surface area contributed by atoms with Gasteiger partial charge in [0.05, 0.1) is 18.6 Å². The van der Waals surface area contributed by atoms with Crippen molar-refractivity contribution in [3.8, 4) is 0 Å². The number of halogens is 3. The summed E-state index contributed by atoms with van der Waals surface area (Å²) in [5.74, 6) is -2.52. The summed E-state index contributed by atoms with van der Waals surface area (Å²) < 4.78 is 42.6. The van der Waals surface area contributed by atoms with E-state index in [9.17, 15) is 27.9 Å². The van der Waals surface area contributed by atoms with Crippen LogP contribution in [0, 0.1) is 0 Å². The third-order valence-electron chi connectivity index (χ3n) is 3.95. The number of ether oxygens (including phenoxy) is 1. The minimum absolute atomic E-state index is 0.00564. The van der Waals surface area contributed by atoms with Crippen LogP contribution in [0.1, 0.15) is 26.3 Å². The second-order valence-corrected chi connectivity index (χ2v) is 7.44. The molecule has 1 fully saturated rings. The maximum Gasteiger partial charge on any atom is 0.471 e. The first-order chi connectivity index (χ1) is 12.4. The minimum Gasteiger partial charge on any atom is -0.460 e. The molecule has 9 heteroatoms. The van der Waals surface area contributed by atoms with E-state index in [4.69, 9.17) is 4.74 Å². The van der Waals surface area contributed by atoms with Crippen molar-refractivity contribution in [3.63, 3.8) is 0 Å². The number of nitrogens with zero attached hydrogens (tertiary/aromatic N) is 1. The van der Waals surface area contributed by atoms with Gasteiger partial charge >= 0.3 is 18.1 Å². The van der Waals surface area contributed by atoms with Crippen LogP contribution in [0.2, 0.25) is 0 Å². The van der Waals surface area contributed by atoms with Gasteiger partial charge in [0, 0.05) is 18.8 Å². The summed E-state index contributed by atoms with van der Waals surface area (Å²) in [5.41, 5.74) is 0.593. The normalized spacial score (nSPS) is 20.5. The molecule has 2 N–H and O–H groups in total. The highest BCUT2D eigenvalue weighted by Gasteiger charge is 2.43. The maximum atomic E-state index is 12.4. The van der Waals surface area contributed by atoms with Crippen LogP contribution in [0.4, 0.5) is 18.9 Å². The monoisotopic (exact) mass is 388 g/mol. The molecule has 2 atom stereocenters. The Bertz CT molecular complexity index is 701. The predicted molar refractivity (Wildman–Crippen MR) is 92.2 cm³/mol. The second-order valence-electron chi connectivity index (χ2n) is 7.44. The summed E-state index contributed by atoms with van der Waals surface area (Å²) in [6.45, 7) is 5.28. The Labute approximate surface area is 155 Å². The number of hydrogen-bond acceptors (Lipinski definition) is 5. The van der Waals surface area contributed by atoms with Gasteiger partial charge in [-0.3, -0.25) is 9.59 Å². The van der Waals surface area contributed by atoms with E-state index in [2.05, 4.69) is 0 Å². The molecule has 1 aromatic carbocycles. The van der Waals surface area contributed by atoms with Crippen LogP contribution in [0.5, 0.6) is 0 Å². The molecule has 2 rings (SSSR count). The van der Waals surface area contributed by atoms with Gasteiger partial charge in [-0.2, -0.15) is 13.2 Å². The molecule has 0 spiro atoms. The smallest absolute Gasteiger partial charge is 0.460 e. The number of anilines is 1. The van der Waals surface area contributed by atoms with Gasteiger partial charge < -0.3 is 20.1 Å². The van der Waals surface area contributed by atoms with Crippen molar-refractivity contribution in [2.24, 2.45) is 0 Å². The first kappa shape index (κ1) is 21.0. The van der Waals surface area contributed by atoms with E-state index in [1.54, 1.807) is 49.9 Å². The van der Waals surface area contributed by atoms with E-state index in [0.717, 1.165) is 0 Å². The highest BCUT2D eigenvalue weighted by molar-refractivity contribution is 5.82. The third-order valence-corrected chi connectivity index (χ3v) is 3.95. The van der Waals surface area contributed by atoms with Crippen molar-refractivity contribution in [3.05, 3.63) is 29.8 Å². The SMILES string of the molecule is CC(C)(C)OC(=O)Cc1ccccc1N1C[C@H](NC(=O)C(F)(F)F)[C@@H](O)C1. The molecule has 0 unspecified atom stereocenters. The largest absolute Gasteiger partial charge is 0.471 e. The van der Waals surface area contributed by atoms with E-state index < -0.39 is 35.8 Å². The Morgan fingerprint density at radius 3 is 2.44 bits per heavy atom. The lowest BCUT2D eigenvalue weighted by molar-refractivity contribution is -0.174. The number of aliphatic hydroxyl groups is 1. The predicted octanol–water partition coefficient (Wildman–Crippen LogP) is 1.80. The number of para-hydroxylation sites is 1. The first-order valence-corrected chi connectivity index (χ1v) is 8.47. The zero-order valence-corrected chi connectivity index (χ0v) is 15.3. The molecule has 6 nitrogen and oxygen atoms in total. The molecule has 1 saturated heterocycles. The van der Waals surface area contributed by atoms with Crippen LogP contribution in [-0.4, -0.2) is 54.0 Å². The molecule has 1 amide bonds. The van der Waals surface area contributed by atoms with Crippen LogP contribution >= 0.6 is 0 Å². The Balaban J connectivity index is 2.11. The summed E-state index contributed by atoms with van der Waals surface area (Å²) in [4.78, 5) is 24.9. The number of alkyl halides is 3. The summed E-state index contributed by atoms with van der Waals surface area (Å²) in [6.07, 6.45) is -6.19. The molecule has 1 aliphatic rings. The van der Waals surface area contributed by atoms with Crippen LogP contribution in [0.3, 0.4) is 0 Å². The molecule has 1 aliphatic heterocycles. The summed E-state index contributed by atoms with van der Waals surface area (Å²) >= 11 is 0. The average Bonchev–Trinajstić information content (AvgIpc) is 2.85. The van der Waals surface area contributed by atoms with Crippen molar-refractivity contribution in [2.45, 2.75) is 51.1 Å². The Morgan fingerprint density at radius 2 is 1.85 bits per heavy atom. The van der Waals surface area contributed by atoms with E-state index >= 15 is 0 Å². The van der Waals surface area contributed by atoms with Gasteiger partial charge in [0.25, 0.3) is 0 Å². The third kappa shape index (κ3) is 5.85. The fourth-order valence-electron chi connectivity index (χ4n) is 2.88. The quantitative estimate of drug-likeness (QED) is 0.769. The number of esters is 1. The number of nitrogens with one attached hydrogen (secondary N) is 1. The molecule has 1 heterocycles. The number of aliphatic hydroxyl groups excluding tert-OH is 1. The van der Waals surface area contributed by atoms with Gasteiger partial charge in [-0.15, -0.1) is 0 Å². The van der Waals surface area contributed by atoms with E-state index in [0.29, 0.717) is 11.3 Å². The molecule has 0 aliphatic carbocycles. The van der Waals surface area contributed by atoms with Crippen molar-refractivity contribution >= 4 is 17.6 Å². The highest BCUT2D eigenvalue weighted by atomic mass is 19.4. The van der Waals surface area contributed by atoms with Crippen LogP contribution in [0.15, 0.2) is 24.3 Å². The zero-order chi connectivity index (χ0) is 20.4. The highest BCUT2D eigenvalue weighted by Crippen LogP contribution is 2.26. The molecular weight excluding hydrogens is 365 g/mol. The fourth-order valence-corrected chi connectivity index (χ4v) is 2.88. The number of rotatable bonds is 4. The summed E-state index contributed by atoms with van der Waals surface area (Å²) in [6, 6.07) is 5.82. The second kappa shape index (κ2) is 7.75. The van der Waals surface area contributed by atoms with Gasteiger partial charge in [-0.05, 0) is 32.4 Å². The van der Waals surface area contributed by atoms with Crippen molar-refractivity contribution in [2.75, 3.05) is 18.0 Å². The Kier molecular flexibility index (Phi) is 6.04.